The van der Waals surface area contributed by atoms with Crippen molar-refractivity contribution >= 4 is 11.6 Å². The summed E-state index contributed by atoms with van der Waals surface area (Å²) in [6.07, 6.45) is 0. The van der Waals surface area contributed by atoms with Crippen LogP contribution in [-0.2, 0) is 6.61 Å². The number of nitrogens with one attached hydrogen (secondary N) is 1. The lowest BCUT2D eigenvalue weighted by Crippen LogP contribution is -2.03. The number of methoxy groups -OCH3 is 1. The molecule has 0 radical (unpaired) electrons. The number of hydrogen-bond donors (Lipinski definition) is 1. The van der Waals surface area contributed by atoms with E-state index in [1.807, 2.05) is 37.3 Å². The minimum Gasteiger partial charge on any atom is -0.497 e. The molecular weight excluding hydrogens is 326 g/mol. The lowest BCUT2D eigenvalue weighted by molar-refractivity contribution is 0.292. The van der Waals surface area contributed by atoms with Gasteiger partial charge in [-0.05, 0) is 61.7 Å². The highest BCUT2D eigenvalue weighted by Gasteiger charge is 2.06. The van der Waals surface area contributed by atoms with Crippen LogP contribution < -0.4 is 14.8 Å². The molecule has 0 spiro atoms. The lowest BCUT2D eigenvalue weighted by atomic mass is 10.1. The Hall–Kier alpha value is -3.08. The Kier molecular flexibility index (Phi) is 5.37. The molecule has 3 aromatic rings. The summed E-state index contributed by atoms with van der Waals surface area (Å²) in [7, 11) is 1.65. The quantitative estimate of drug-likeness (QED) is 0.697. The topological polar surface area (TPSA) is 56.3 Å². The molecule has 0 amide bonds. The fourth-order valence-electron chi connectivity index (χ4n) is 2.76. The zero-order valence-electron chi connectivity index (χ0n) is 15.5. The van der Waals surface area contributed by atoms with Crippen molar-refractivity contribution in [3.8, 4) is 11.6 Å². The predicted molar refractivity (Wildman–Crippen MR) is 103 cm³/mol. The molecule has 1 N–H and O–H groups in total. The largest absolute Gasteiger partial charge is 0.497 e. The average molecular weight is 349 g/mol. The van der Waals surface area contributed by atoms with Gasteiger partial charge in [0.1, 0.15) is 12.4 Å². The molecule has 0 saturated heterocycles. The minimum atomic E-state index is 0.413. The monoisotopic (exact) mass is 349 g/mol. The lowest BCUT2D eigenvalue weighted by Gasteiger charge is -2.11. The summed E-state index contributed by atoms with van der Waals surface area (Å²) in [5.41, 5.74) is 5.20. The molecule has 0 saturated carbocycles. The van der Waals surface area contributed by atoms with E-state index >= 15 is 0 Å². The van der Waals surface area contributed by atoms with Gasteiger partial charge >= 0.3 is 0 Å². The van der Waals surface area contributed by atoms with Gasteiger partial charge in [0.15, 0.2) is 0 Å². The van der Waals surface area contributed by atoms with E-state index in [0.717, 1.165) is 22.7 Å². The van der Waals surface area contributed by atoms with Gasteiger partial charge in [-0.2, -0.15) is 4.98 Å². The minimum absolute atomic E-state index is 0.413. The maximum atomic E-state index is 5.85. The first kappa shape index (κ1) is 17.7. The first-order valence-electron chi connectivity index (χ1n) is 8.48. The summed E-state index contributed by atoms with van der Waals surface area (Å²) in [6, 6.07) is 15.9. The summed E-state index contributed by atoms with van der Waals surface area (Å²) in [5, 5.41) is 3.26. The molecule has 26 heavy (non-hydrogen) atoms. The van der Waals surface area contributed by atoms with Crippen LogP contribution >= 0.6 is 0 Å². The van der Waals surface area contributed by atoms with E-state index < -0.39 is 0 Å². The van der Waals surface area contributed by atoms with Gasteiger partial charge < -0.3 is 14.8 Å². The van der Waals surface area contributed by atoms with Crippen molar-refractivity contribution in [1.29, 1.82) is 0 Å². The maximum absolute atomic E-state index is 5.85. The Balaban J connectivity index is 1.74. The molecule has 0 unspecified atom stereocenters. The molecule has 0 fully saturated rings. The van der Waals surface area contributed by atoms with Gasteiger partial charge in [-0.15, -0.1) is 0 Å². The molecule has 134 valence electrons. The molecule has 0 aliphatic heterocycles. The number of aryl methyl sites for hydroxylation is 3. The van der Waals surface area contributed by atoms with E-state index in [0.29, 0.717) is 18.4 Å². The zero-order valence-corrected chi connectivity index (χ0v) is 15.5. The average Bonchev–Trinajstić information content (AvgIpc) is 2.59. The fraction of sp³-hybridized carbons (Fsp3) is 0.238. The van der Waals surface area contributed by atoms with Crippen LogP contribution in [0.15, 0.2) is 48.5 Å². The summed E-state index contributed by atoms with van der Waals surface area (Å²) < 4.78 is 11.1. The predicted octanol–water partition coefficient (Wildman–Crippen LogP) is 4.73. The molecule has 1 heterocycles. The van der Waals surface area contributed by atoms with E-state index in [9.17, 15) is 0 Å². The van der Waals surface area contributed by atoms with Crippen molar-refractivity contribution in [3.05, 3.63) is 70.9 Å². The van der Waals surface area contributed by atoms with Crippen LogP contribution in [0.1, 0.15) is 22.4 Å². The fourth-order valence-corrected chi connectivity index (χ4v) is 2.76. The van der Waals surface area contributed by atoms with E-state index in [4.69, 9.17) is 9.47 Å². The molecule has 0 atom stereocenters. The summed E-state index contributed by atoms with van der Waals surface area (Å²) in [6.45, 7) is 6.47. The van der Waals surface area contributed by atoms with Gasteiger partial charge in [-0.1, -0.05) is 18.2 Å². The Morgan fingerprint density at radius 1 is 0.923 bits per heavy atom. The van der Waals surface area contributed by atoms with Crippen LogP contribution in [0.4, 0.5) is 11.6 Å². The second-order valence-corrected chi connectivity index (χ2v) is 6.31. The molecule has 1 aromatic heterocycles. The van der Waals surface area contributed by atoms with Crippen molar-refractivity contribution in [1.82, 2.24) is 9.97 Å². The first-order chi connectivity index (χ1) is 12.5. The number of nitrogens with zero attached hydrogens (tertiary/aromatic N) is 2. The number of aromatic nitrogens is 2. The Morgan fingerprint density at radius 3 is 2.42 bits per heavy atom. The molecule has 2 aromatic carbocycles. The van der Waals surface area contributed by atoms with Gasteiger partial charge in [-0.3, -0.25) is 0 Å². The maximum Gasteiger partial charge on any atom is 0.230 e. The summed E-state index contributed by atoms with van der Waals surface area (Å²) in [4.78, 5) is 8.92. The van der Waals surface area contributed by atoms with E-state index in [1.54, 1.807) is 7.11 Å². The molecule has 0 bridgehead atoms. The number of ether oxygens (including phenoxy) is 2. The highest BCUT2D eigenvalue weighted by Crippen LogP contribution is 2.20. The van der Waals surface area contributed by atoms with Crippen molar-refractivity contribution in [2.24, 2.45) is 0 Å². The van der Waals surface area contributed by atoms with E-state index in [2.05, 4.69) is 47.3 Å². The molecule has 3 rings (SSSR count). The third-order valence-electron chi connectivity index (χ3n) is 3.83. The van der Waals surface area contributed by atoms with Crippen molar-refractivity contribution in [2.45, 2.75) is 27.4 Å². The van der Waals surface area contributed by atoms with Crippen LogP contribution in [0, 0.1) is 20.8 Å². The molecule has 0 aliphatic carbocycles. The first-order valence-corrected chi connectivity index (χ1v) is 8.48. The normalized spacial score (nSPS) is 10.5. The van der Waals surface area contributed by atoms with Crippen LogP contribution in [0.5, 0.6) is 11.6 Å². The third kappa shape index (κ3) is 4.72. The van der Waals surface area contributed by atoms with Crippen LogP contribution in [0.25, 0.3) is 0 Å². The molecule has 0 aliphatic rings. The SMILES string of the molecule is COc1cccc(COc2cc(C)nc(Nc3cc(C)cc(C)c3)n2)c1. The number of hydrogen-bond acceptors (Lipinski definition) is 5. The summed E-state index contributed by atoms with van der Waals surface area (Å²) in [5.74, 6) is 1.87. The van der Waals surface area contributed by atoms with Crippen LogP contribution in [0.2, 0.25) is 0 Å². The Morgan fingerprint density at radius 2 is 1.69 bits per heavy atom. The highest BCUT2D eigenvalue weighted by atomic mass is 16.5. The second kappa shape index (κ2) is 7.87. The van der Waals surface area contributed by atoms with Gasteiger partial charge in [0.2, 0.25) is 11.8 Å². The van der Waals surface area contributed by atoms with Crippen molar-refractivity contribution in [2.75, 3.05) is 12.4 Å². The number of benzene rings is 2. The van der Waals surface area contributed by atoms with Crippen LogP contribution in [0.3, 0.4) is 0 Å². The highest BCUT2D eigenvalue weighted by molar-refractivity contribution is 5.56. The van der Waals surface area contributed by atoms with Gasteiger partial charge in [0.25, 0.3) is 0 Å². The van der Waals surface area contributed by atoms with Crippen LogP contribution in [-0.4, -0.2) is 17.1 Å². The Labute approximate surface area is 154 Å². The van der Waals surface area contributed by atoms with Gasteiger partial charge in [0.05, 0.1) is 7.11 Å². The molecule has 5 nitrogen and oxygen atoms in total. The van der Waals surface area contributed by atoms with Gasteiger partial charge in [0, 0.05) is 17.4 Å². The smallest absolute Gasteiger partial charge is 0.230 e. The Bertz CT molecular complexity index is 889. The second-order valence-electron chi connectivity index (χ2n) is 6.31. The van der Waals surface area contributed by atoms with Crippen molar-refractivity contribution in [3.63, 3.8) is 0 Å². The standard InChI is InChI=1S/C21H23N3O2/c1-14-8-15(2)10-18(9-14)23-21-22-16(3)11-20(24-21)26-13-17-6-5-7-19(12-17)25-4/h5-12H,13H2,1-4H3,(H,22,23,24). The zero-order chi connectivity index (χ0) is 18.5. The third-order valence-corrected chi connectivity index (χ3v) is 3.83. The van der Waals surface area contributed by atoms with E-state index in [1.165, 1.54) is 11.1 Å². The van der Waals surface area contributed by atoms with E-state index in [-0.39, 0.29) is 0 Å². The number of anilines is 2. The number of rotatable bonds is 6. The van der Waals surface area contributed by atoms with Crippen molar-refractivity contribution < 1.29 is 9.47 Å². The summed E-state index contributed by atoms with van der Waals surface area (Å²) >= 11 is 0. The van der Waals surface area contributed by atoms with Gasteiger partial charge in [-0.25, -0.2) is 4.98 Å². The molecular formula is C21H23N3O2. The molecule has 5 heteroatoms.